The molecule has 4 rings (SSSR count). The van der Waals surface area contributed by atoms with Crippen molar-refractivity contribution >= 4 is 17.5 Å². The number of alkyl halides is 3. The molecule has 0 aliphatic carbocycles. The van der Waals surface area contributed by atoms with Gasteiger partial charge in [0.2, 0.25) is 5.91 Å². The topological polar surface area (TPSA) is 75.0 Å². The van der Waals surface area contributed by atoms with Gasteiger partial charge < -0.3 is 24.3 Å². The molecule has 7 nitrogen and oxygen atoms in total. The molecule has 0 unspecified atom stereocenters. The van der Waals surface area contributed by atoms with E-state index in [0.717, 1.165) is 12.1 Å². The van der Waals surface area contributed by atoms with Gasteiger partial charge in [0.15, 0.2) is 5.76 Å². The minimum absolute atomic E-state index is 0.166. The fourth-order valence-corrected chi connectivity index (χ4v) is 4.60. The lowest BCUT2D eigenvalue weighted by Gasteiger charge is -2.49. The second-order valence-electron chi connectivity index (χ2n) is 8.28. The molecule has 0 spiro atoms. The predicted octanol–water partition coefficient (Wildman–Crippen LogP) is 2.95. The molecule has 2 amide bonds. The Morgan fingerprint density at radius 1 is 1.24 bits per heavy atom. The Morgan fingerprint density at radius 3 is 2.76 bits per heavy atom. The maximum Gasteiger partial charge on any atom is 0.416 e. The van der Waals surface area contributed by atoms with Crippen molar-refractivity contribution in [1.82, 2.24) is 10.2 Å². The highest BCUT2D eigenvalue weighted by Gasteiger charge is 2.43. The number of piperazine rings is 1. The van der Waals surface area contributed by atoms with E-state index < -0.39 is 17.7 Å². The molecule has 2 aliphatic rings. The van der Waals surface area contributed by atoms with Crippen LogP contribution in [0.5, 0.6) is 0 Å². The minimum Gasteiger partial charge on any atom is -0.459 e. The number of furan rings is 1. The molecular formula is C23H26F3N3O4. The molecule has 178 valence electrons. The Labute approximate surface area is 189 Å². The summed E-state index contributed by atoms with van der Waals surface area (Å²) >= 11 is 0. The first-order valence-corrected chi connectivity index (χ1v) is 10.9. The second-order valence-corrected chi connectivity index (χ2v) is 8.28. The normalized spacial score (nSPS) is 20.2. The Hall–Kier alpha value is -3.01. The number of amides is 2. The fourth-order valence-electron chi connectivity index (χ4n) is 4.60. The lowest BCUT2D eigenvalue weighted by molar-refractivity contribution is -0.137. The summed E-state index contributed by atoms with van der Waals surface area (Å²) in [6.07, 6.45) is -2.24. The summed E-state index contributed by atoms with van der Waals surface area (Å²) in [5, 5.41) is 2.88. The van der Waals surface area contributed by atoms with Gasteiger partial charge in [0.05, 0.1) is 23.8 Å². The van der Waals surface area contributed by atoms with E-state index in [-0.39, 0.29) is 36.6 Å². The Kier molecular flexibility index (Phi) is 6.64. The van der Waals surface area contributed by atoms with Crippen LogP contribution < -0.4 is 10.2 Å². The monoisotopic (exact) mass is 465 g/mol. The van der Waals surface area contributed by atoms with Crippen LogP contribution in [0, 0.1) is 5.92 Å². The van der Waals surface area contributed by atoms with Crippen LogP contribution in [-0.4, -0.2) is 62.7 Å². The van der Waals surface area contributed by atoms with E-state index in [4.69, 9.17) is 9.15 Å². The molecule has 10 heteroatoms. The molecule has 1 aromatic heterocycles. The highest BCUT2D eigenvalue weighted by Crippen LogP contribution is 2.39. The zero-order valence-corrected chi connectivity index (χ0v) is 18.2. The zero-order valence-electron chi connectivity index (χ0n) is 18.2. The Bertz CT molecular complexity index is 993. The third kappa shape index (κ3) is 4.85. The van der Waals surface area contributed by atoms with Crippen LogP contribution in [0.15, 0.2) is 41.0 Å². The van der Waals surface area contributed by atoms with Gasteiger partial charge in [-0.1, -0.05) is 0 Å². The Morgan fingerprint density at radius 2 is 2.06 bits per heavy atom. The summed E-state index contributed by atoms with van der Waals surface area (Å²) < 4.78 is 50.1. The highest BCUT2D eigenvalue weighted by atomic mass is 19.4. The predicted molar refractivity (Wildman–Crippen MR) is 114 cm³/mol. The van der Waals surface area contributed by atoms with Crippen LogP contribution in [0.3, 0.4) is 0 Å². The second kappa shape index (κ2) is 9.46. The number of nitrogens with one attached hydrogen (secondary N) is 1. The number of ether oxygens (including phenoxy) is 1. The van der Waals surface area contributed by atoms with Gasteiger partial charge in [0, 0.05) is 45.6 Å². The van der Waals surface area contributed by atoms with Crippen molar-refractivity contribution in [3.05, 3.63) is 53.5 Å². The van der Waals surface area contributed by atoms with Crippen molar-refractivity contribution in [2.75, 3.05) is 44.8 Å². The van der Waals surface area contributed by atoms with E-state index in [1.54, 1.807) is 24.1 Å². The first kappa shape index (κ1) is 23.2. The lowest BCUT2D eigenvalue weighted by Crippen LogP contribution is -2.62. The molecule has 0 radical (unpaired) electrons. The molecule has 33 heavy (non-hydrogen) atoms. The third-order valence-electron chi connectivity index (χ3n) is 6.22. The molecule has 2 aromatic rings. The standard InChI is InChI=1S/C23H26F3N3O4/c1-32-10-3-7-27-21(30)17-13-15-12-16(23(24,25)26)5-6-18(15)29-9-8-28(14-19(17)29)22(31)20-4-2-11-33-20/h2,4-6,11-12,17,19H,3,7-10,13-14H2,1H3,(H,27,30)/t17-,19-/m1/s1. The van der Waals surface area contributed by atoms with E-state index in [0.29, 0.717) is 43.9 Å². The zero-order chi connectivity index (χ0) is 23.6. The Balaban J connectivity index is 1.60. The molecule has 2 aliphatic heterocycles. The van der Waals surface area contributed by atoms with E-state index in [1.165, 1.54) is 12.3 Å². The van der Waals surface area contributed by atoms with Gasteiger partial charge in [-0.25, -0.2) is 0 Å². The SMILES string of the molecule is COCCCNC(=O)[C@@H]1Cc2cc(C(F)(F)F)ccc2N2CCN(C(=O)c3ccco3)C[C@H]12. The number of carbonyl (C=O) groups is 2. The molecule has 0 bridgehead atoms. The number of methoxy groups -OCH3 is 1. The van der Waals surface area contributed by atoms with Crippen molar-refractivity contribution < 1.29 is 31.9 Å². The summed E-state index contributed by atoms with van der Waals surface area (Å²) in [6, 6.07) is 6.54. The van der Waals surface area contributed by atoms with Gasteiger partial charge in [0.25, 0.3) is 5.91 Å². The van der Waals surface area contributed by atoms with Crippen molar-refractivity contribution in [3.63, 3.8) is 0 Å². The molecule has 1 N–H and O–H groups in total. The van der Waals surface area contributed by atoms with Crippen LogP contribution in [0.1, 0.15) is 28.1 Å². The molecular weight excluding hydrogens is 439 g/mol. The van der Waals surface area contributed by atoms with E-state index in [1.807, 2.05) is 4.90 Å². The lowest BCUT2D eigenvalue weighted by atomic mass is 9.82. The summed E-state index contributed by atoms with van der Waals surface area (Å²) in [5.74, 6) is -0.889. The van der Waals surface area contributed by atoms with Crippen LogP contribution in [0.2, 0.25) is 0 Å². The highest BCUT2D eigenvalue weighted by molar-refractivity contribution is 5.92. The number of anilines is 1. The molecule has 1 fully saturated rings. The smallest absolute Gasteiger partial charge is 0.416 e. The quantitative estimate of drug-likeness (QED) is 0.664. The number of nitrogens with zero attached hydrogens (tertiary/aromatic N) is 2. The summed E-state index contributed by atoms with van der Waals surface area (Å²) in [6.45, 7) is 1.95. The van der Waals surface area contributed by atoms with E-state index >= 15 is 0 Å². The van der Waals surface area contributed by atoms with Crippen molar-refractivity contribution in [2.24, 2.45) is 5.92 Å². The number of halogens is 3. The summed E-state index contributed by atoms with van der Waals surface area (Å²) in [4.78, 5) is 29.5. The number of benzene rings is 1. The average Bonchev–Trinajstić information content (AvgIpc) is 3.34. The number of hydrogen-bond donors (Lipinski definition) is 1. The van der Waals surface area contributed by atoms with Crippen LogP contribution in [0.25, 0.3) is 0 Å². The van der Waals surface area contributed by atoms with Gasteiger partial charge in [-0.05, 0) is 48.7 Å². The number of hydrogen-bond acceptors (Lipinski definition) is 5. The number of fused-ring (bicyclic) bond motifs is 3. The maximum atomic E-state index is 13.3. The molecule has 1 aromatic carbocycles. The average molecular weight is 465 g/mol. The fraction of sp³-hybridized carbons (Fsp3) is 0.478. The van der Waals surface area contributed by atoms with Gasteiger partial charge in [-0.3, -0.25) is 9.59 Å². The first-order chi connectivity index (χ1) is 15.8. The van der Waals surface area contributed by atoms with Crippen LogP contribution in [-0.2, 0) is 22.1 Å². The van der Waals surface area contributed by atoms with Gasteiger partial charge in [-0.15, -0.1) is 0 Å². The third-order valence-corrected chi connectivity index (χ3v) is 6.22. The molecule has 1 saturated heterocycles. The largest absolute Gasteiger partial charge is 0.459 e. The van der Waals surface area contributed by atoms with Gasteiger partial charge in [-0.2, -0.15) is 13.2 Å². The van der Waals surface area contributed by atoms with Crippen molar-refractivity contribution in [2.45, 2.75) is 25.1 Å². The van der Waals surface area contributed by atoms with Gasteiger partial charge >= 0.3 is 6.18 Å². The van der Waals surface area contributed by atoms with Crippen LogP contribution >= 0.6 is 0 Å². The van der Waals surface area contributed by atoms with Gasteiger partial charge in [0.1, 0.15) is 0 Å². The number of rotatable bonds is 6. The molecule has 0 saturated carbocycles. The summed E-state index contributed by atoms with van der Waals surface area (Å²) in [5.41, 5.74) is 0.441. The van der Waals surface area contributed by atoms with Crippen LogP contribution in [0.4, 0.5) is 18.9 Å². The first-order valence-electron chi connectivity index (χ1n) is 10.9. The molecule has 3 heterocycles. The van der Waals surface area contributed by atoms with Crippen molar-refractivity contribution in [1.29, 1.82) is 0 Å². The maximum absolute atomic E-state index is 13.3. The molecule has 2 atom stereocenters. The van der Waals surface area contributed by atoms with E-state index in [2.05, 4.69) is 5.32 Å². The van der Waals surface area contributed by atoms with Crippen molar-refractivity contribution in [3.8, 4) is 0 Å². The van der Waals surface area contributed by atoms with E-state index in [9.17, 15) is 22.8 Å². The summed E-state index contributed by atoms with van der Waals surface area (Å²) in [7, 11) is 1.57. The number of carbonyl (C=O) groups excluding carboxylic acids is 2. The minimum atomic E-state index is -4.46.